The van der Waals surface area contributed by atoms with Gasteiger partial charge in [0, 0.05) is 11.7 Å². The van der Waals surface area contributed by atoms with Crippen LogP contribution in [0.15, 0.2) is 18.2 Å². The van der Waals surface area contributed by atoms with Gasteiger partial charge in [0.25, 0.3) is 0 Å². The molecule has 0 aliphatic carbocycles. The molecule has 1 aliphatic rings. The summed E-state index contributed by atoms with van der Waals surface area (Å²) in [5, 5.41) is 3.99. The molecule has 0 spiro atoms. The molecule has 7 heteroatoms. The third kappa shape index (κ3) is 6.42. The molecule has 0 unspecified atom stereocenters. The molecule has 0 bridgehead atoms. The maximum absolute atomic E-state index is 12.1. The third-order valence-corrected chi connectivity index (χ3v) is 7.59. The second kappa shape index (κ2) is 9.55. The maximum Gasteiger partial charge on any atom is 0.173 e. The minimum atomic E-state index is -2.97. The number of sulfone groups is 1. The van der Waals surface area contributed by atoms with Crippen molar-refractivity contribution in [3.8, 4) is 0 Å². The van der Waals surface area contributed by atoms with Gasteiger partial charge in [0.05, 0.1) is 36.7 Å². The summed E-state index contributed by atoms with van der Waals surface area (Å²) < 4.78 is 24.1. The number of nitrogens with one attached hydrogen (secondary N) is 2. The van der Waals surface area contributed by atoms with Crippen LogP contribution in [0.5, 0.6) is 0 Å². The Morgan fingerprint density at radius 1 is 1.18 bits per heavy atom. The number of anilines is 1. The zero-order valence-corrected chi connectivity index (χ0v) is 19.7. The van der Waals surface area contributed by atoms with Crippen LogP contribution in [0.2, 0.25) is 0 Å². The van der Waals surface area contributed by atoms with Crippen molar-refractivity contribution < 1.29 is 13.3 Å². The van der Waals surface area contributed by atoms with Crippen LogP contribution in [0.3, 0.4) is 0 Å². The monoisotopic (exact) mass is 426 g/mol. The summed E-state index contributed by atoms with van der Waals surface area (Å²) >= 11 is 5.75. The first-order chi connectivity index (χ1) is 13.0. The number of aryl methyl sites for hydroxylation is 2. The summed E-state index contributed by atoms with van der Waals surface area (Å²) in [6.45, 7) is 14.7. The lowest BCUT2D eigenvalue weighted by atomic mass is 10.1. The summed E-state index contributed by atoms with van der Waals surface area (Å²) in [7, 11) is -2.97. The van der Waals surface area contributed by atoms with Crippen LogP contribution in [0.4, 0.5) is 5.69 Å². The molecular weight excluding hydrogens is 390 g/mol. The largest absolute Gasteiger partial charge is 0.339 e. The van der Waals surface area contributed by atoms with Crippen molar-refractivity contribution >= 4 is 32.9 Å². The molecule has 2 rings (SSSR count). The van der Waals surface area contributed by atoms with Gasteiger partial charge in [-0.05, 0) is 83.4 Å². The number of rotatable bonds is 7. The molecule has 5 nitrogen and oxygen atoms in total. The van der Waals surface area contributed by atoms with Gasteiger partial charge in [0.2, 0.25) is 0 Å². The lowest BCUT2D eigenvalue weighted by Gasteiger charge is -2.34. The molecule has 1 aromatic carbocycles. The Labute approximate surface area is 176 Å². The van der Waals surface area contributed by atoms with Crippen LogP contribution in [0, 0.1) is 13.8 Å². The summed E-state index contributed by atoms with van der Waals surface area (Å²) in [5.74, 6) is 0.450. The molecule has 1 saturated heterocycles. The van der Waals surface area contributed by atoms with Gasteiger partial charge < -0.3 is 15.1 Å². The Morgan fingerprint density at radius 3 is 2.21 bits per heavy atom. The first-order valence-electron chi connectivity index (χ1n) is 10.2. The molecule has 0 amide bonds. The molecule has 1 aromatic rings. The highest BCUT2D eigenvalue weighted by atomic mass is 32.2. The zero-order chi connectivity index (χ0) is 21.1. The number of benzene rings is 1. The number of nitrogens with zero attached hydrogens (tertiary/aromatic N) is 1. The average Bonchev–Trinajstić information content (AvgIpc) is 2.89. The Bertz CT molecular complexity index is 763. The van der Waals surface area contributed by atoms with E-state index in [2.05, 4.69) is 70.0 Å². The van der Waals surface area contributed by atoms with Gasteiger partial charge in [-0.2, -0.15) is 0 Å². The first kappa shape index (κ1) is 23.1. The molecular formula is C21H36N3O2S2+. The number of hydrogen-bond donors (Lipinski definition) is 2. The minimum Gasteiger partial charge on any atom is -0.339 e. The van der Waals surface area contributed by atoms with E-state index in [1.165, 1.54) is 16.0 Å². The fraction of sp³-hybridized carbons (Fsp3) is 0.667. The van der Waals surface area contributed by atoms with Crippen LogP contribution in [-0.2, 0) is 9.84 Å². The van der Waals surface area contributed by atoms with Crippen molar-refractivity contribution in [3.05, 3.63) is 29.3 Å². The van der Waals surface area contributed by atoms with Crippen molar-refractivity contribution in [3.63, 3.8) is 0 Å². The highest BCUT2D eigenvalue weighted by Gasteiger charge is 2.34. The fourth-order valence-electron chi connectivity index (χ4n) is 4.21. The van der Waals surface area contributed by atoms with Crippen LogP contribution in [-0.4, -0.2) is 61.2 Å². The summed E-state index contributed by atoms with van der Waals surface area (Å²) in [6, 6.07) is 7.25. The summed E-state index contributed by atoms with van der Waals surface area (Å²) in [5.41, 5.74) is 3.32. The Morgan fingerprint density at radius 2 is 1.75 bits per heavy atom. The molecule has 0 radical (unpaired) electrons. The molecule has 0 saturated carbocycles. The Kier molecular flexibility index (Phi) is 7.88. The van der Waals surface area contributed by atoms with E-state index in [-0.39, 0.29) is 17.5 Å². The van der Waals surface area contributed by atoms with E-state index in [0.29, 0.717) is 23.6 Å². The Balaban J connectivity index is 2.18. The predicted molar refractivity (Wildman–Crippen MR) is 122 cm³/mol. The van der Waals surface area contributed by atoms with Crippen LogP contribution < -0.4 is 10.2 Å². The maximum atomic E-state index is 12.1. The van der Waals surface area contributed by atoms with Crippen molar-refractivity contribution in [2.45, 2.75) is 66.1 Å². The van der Waals surface area contributed by atoms with Gasteiger partial charge in [-0.1, -0.05) is 6.07 Å². The van der Waals surface area contributed by atoms with Crippen molar-refractivity contribution in [1.82, 2.24) is 4.90 Å². The molecule has 1 fully saturated rings. The van der Waals surface area contributed by atoms with E-state index >= 15 is 0 Å². The lowest BCUT2D eigenvalue weighted by Crippen LogP contribution is -3.18. The summed E-state index contributed by atoms with van der Waals surface area (Å²) in [6.07, 6.45) is 0.649. The highest BCUT2D eigenvalue weighted by Crippen LogP contribution is 2.20. The van der Waals surface area contributed by atoms with E-state index < -0.39 is 9.84 Å². The number of hydrogen-bond acceptors (Lipinski definition) is 3. The molecule has 1 atom stereocenters. The SMILES string of the molecule is Cc1cc(C)cc(NC(=S)N(CC[NH+](C(C)C)C(C)C)[C@@H]2CCS(=O)(=O)C2)c1. The molecule has 28 heavy (non-hydrogen) atoms. The lowest BCUT2D eigenvalue weighted by molar-refractivity contribution is -0.941. The standard InChI is InChI=1S/C21H35N3O2S2/c1-15(2)23(16(3)4)8-9-24(20-7-10-28(25,26)14-20)21(27)22-19-12-17(5)11-18(6)13-19/h11-13,15-16,20H,7-10,14H2,1-6H3,(H,22,27)/p+1/t20-/m1/s1. The fourth-order valence-corrected chi connectivity index (χ4v) is 6.30. The first-order valence-corrected chi connectivity index (χ1v) is 12.4. The topological polar surface area (TPSA) is 53.9 Å². The second-order valence-corrected chi connectivity index (χ2v) is 11.3. The molecule has 2 N–H and O–H groups in total. The highest BCUT2D eigenvalue weighted by molar-refractivity contribution is 7.91. The van der Waals surface area contributed by atoms with Crippen molar-refractivity contribution in [2.24, 2.45) is 0 Å². The zero-order valence-electron chi connectivity index (χ0n) is 18.1. The van der Waals surface area contributed by atoms with Gasteiger partial charge in [-0.15, -0.1) is 0 Å². The van der Waals surface area contributed by atoms with Crippen LogP contribution >= 0.6 is 12.2 Å². The van der Waals surface area contributed by atoms with E-state index in [4.69, 9.17) is 12.2 Å². The average molecular weight is 427 g/mol. The van der Waals surface area contributed by atoms with E-state index in [1.54, 1.807) is 0 Å². The molecule has 0 aromatic heterocycles. The van der Waals surface area contributed by atoms with Crippen molar-refractivity contribution in [2.75, 3.05) is 29.9 Å². The van der Waals surface area contributed by atoms with E-state index in [9.17, 15) is 8.42 Å². The van der Waals surface area contributed by atoms with Crippen LogP contribution in [0.1, 0.15) is 45.2 Å². The normalized spacial score (nSPS) is 18.8. The number of quaternary nitrogens is 1. The minimum absolute atomic E-state index is 0.0449. The van der Waals surface area contributed by atoms with Gasteiger partial charge in [-0.3, -0.25) is 0 Å². The third-order valence-electron chi connectivity index (χ3n) is 5.51. The second-order valence-electron chi connectivity index (χ2n) is 8.69. The molecule has 1 heterocycles. The quantitative estimate of drug-likeness (QED) is 0.655. The summed E-state index contributed by atoms with van der Waals surface area (Å²) in [4.78, 5) is 3.61. The van der Waals surface area contributed by atoms with Gasteiger partial charge in [0.1, 0.15) is 0 Å². The van der Waals surface area contributed by atoms with E-state index in [0.717, 1.165) is 18.8 Å². The molecule has 158 valence electrons. The molecule has 1 aliphatic heterocycles. The number of thiocarbonyl (C=S) groups is 1. The van der Waals surface area contributed by atoms with Gasteiger partial charge in [-0.25, -0.2) is 8.42 Å². The predicted octanol–water partition coefficient (Wildman–Crippen LogP) is 2.19. The van der Waals surface area contributed by atoms with E-state index in [1.807, 2.05) is 0 Å². The smallest absolute Gasteiger partial charge is 0.173 e. The Hall–Kier alpha value is -1.18. The van der Waals surface area contributed by atoms with Crippen LogP contribution in [0.25, 0.3) is 0 Å². The van der Waals surface area contributed by atoms with Gasteiger partial charge >= 0.3 is 0 Å². The van der Waals surface area contributed by atoms with Gasteiger partial charge in [0.15, 0.2) is 14.9 Å². The van der Waals surface area contributed by atoms with Crippen molar-refractivity contribution in [1.29, 1.82) is 0 Å².